The molecule has 0 radical (unpaired) electrons. The number of likely N-dealkylation sites (tertiary alicyclic amines) is 1. The summed E-state index contributed by atoms with van der Waals surface area (Å²) < 4.78 is 0.979. The highest BCUT2D eigenvalue weighted by Gasteiger charge is 2.21. The van der Waals surface area contributed by atoms with E-state index < -0.39 is 0 Å². The molecule has 0 aromatic heterocycles. The molecule has 0 saturated carbocycles. The van der Waals surface area contributed by atoms with Gasteiger partial charge in [0.2, 0.25) is 0 Å². The summed E-state index contributed by atoms with van der Waals surface area (Å²) in [7, 11) is 0. The lowest BCUT2D eigenvalue weighted by molar-refractivity contribution is 0.165. The summed E-state index contributed by atoms with van der Waals surface area (Å²) in [6.45, 7) is 5.41. The topological polar surface area (TPSA) is 29.3 Å². The van der Waals surface area contributed by atoms with Crippen LogP contribution < -0.4 is 5.73 Å². The maximum atomic E-state index is 6.00. The summed E-state index contributed by atoms with van der Waals surface area (Å²) in [5.41, 5.74) is 7.27. The van der Waals surface area contributed by atoms with Crippen LogP contribution in [0.25, 0.3) is 0 Å². The van der Waals surface area contributed by atoms with Gasteiger partial charge in [-0.05, 0) is 72.4 Å². The Morgan fingerprint density at radius 3 is 2.67 bits per heavy atom. The van der Waals surface area contributed by atoms with Gasteiger partial charge in [-0.3, -0.25) is 4.90 Å². The highest BCUT2D eigenvalue weighted by Crippen LogP contribution is 2.25. The maximum absolute atomic E-state index is 6.00. The van der Waals surface area contributed by atoms with Crippen molar-refractivity contribution in [2.24, 2.45) is 11.7 Å². The predicted molar refractivity (Wildman–Crippen MR) is 80.8 cm³/mol. The Hall–Kier alpha value is -0.0900. The molecule has 1 saturated heterocycles. The van der Waals surface area contributed by atoms with Gasteiger partial charge in [0.25, 0.3) is 0 Å². The van der Waals surface area contributed by atoms with Gasteiger partial charge in [0.05, 0.1) is 5.02 Å². The van der Waals surface area contributed by atoms with Crippen molar-refractivity contribution in [1.82, 2.24) is 4.90 Å². The first-order chi connectivity index (χ1) is 8.56. The Morgan fingerprint density at radius 1 is 1.44 bits per heavy atom. The first kappa shape index (κ1) is 14.3. The van der Waals surface area contributed by atoms with Crippen LogP contribution in [0.4, 0.5) is 0 Å². The molecule has 2 rings (SSSR count). The van der Waals surface area contributed by atoms with Crippen molar-refractivity contribution < 1.29 is 0 Å². The van der Waals surface area contributed by atoms with Gasteiger partial charge in [-0.1, -0.05) is 17.7 Å². The second-order valence-electron chi connectivity index (χ2n) is 5.22. The first-order valence-electron chi connectivity index (χ1n) is 6.48. The maximum Gasteiger partial charge on any atom is 0.0548 e. The van der Waals surface area contributed by atoms with Crippen molar-refractivity contribution in [2.45, 2.75) is 32.4 Å². The van der Waals surface area contributed by atoms with Gasteiger partial charge in [0, 0.05) is 17.1 Å². The summed E-state index contributed by atoms with van der Waals surface area (Å²) in [4.78, 5) is 2.49. The van der Waals surface area contributed by atoms with Crippen molar-refractivity contribution in [2.75, 3.05) is 13.1 Å². The summed E-state index contributed by atoms with van der Waals surface area (Å²) in [6.07, 6.45) is 2.43. The molecule has 18 heavy (non-hydrogen) atoms. The molecule has 1 unspecified atom stereocenters. The van der Waals surface area contributed by atoms with Gasteiger partial charge < -0.3 is 5.73 Å². The largest absolute Gasteiger partial charge is 0.328 e. The van der Waals surface area contributed by atoms with E-state index >= 15 is 0 Å². The third-order valence-corrected chi connectivity index (χ3v) is 4.98. The summed E-state index contributed by atoms with van der Waals surface area (Å²) in [5.74, 6) is 0.693. The molecular weight excluding hydrogens is 312 g/mol. The number of rotatable bonds is 3. The van der Waals surface area contributed by atoms with Crippen LogP contribution in [0, 0.1) is 5.92 Å². The molecule has 4 heteroatoms. The van der Waals surface area contributed by atoms with Crippen molar-refractivity contribution in [3.63, 3.8) is 0 Å². The molecule has 0 bridgehead atoms. The van der Waals surface area contributed by atoms with E-state index in [1.807, 2.05) is 6.07 Å². The molecule has 0 amide bonds. The van der Waals surface area contributed by atoms with E-state index in [9.17, 15) is 0 Å². The van der Waals surface area contributed by atoms with Crippen LogP contribution in [0.1, 0.15) is 25.3 Å². The van der Waals surface area contributed by atoms with Gasteiger partial charge in [0.15, 0.2) is 0 Å². The van der Waals surface area contributed by atoms with E-state index in [4.69, 9.17) is 17.3 Å². The molecular formula is C14H20BrClN2. The molecule has 1 aromatic carbocycles. The van der Waals surface area contributed by atoms with Crippen LogP contribution in [0.3, 0.4) is 0 Å². The lowest BCUT2D eigenvalue weighted by Crippen LogP contribution is -2.39. The van der Waals surface area contributed by atoms with Crippen molar-refractivity contribution in [3.8, 4) is 0 Å². The van der Waals surface area contributed by atoms with E-state index in [2.05, 4.69) is 39.9 Å². The zero-order valence-electron chi connectivity index (χ0n) is 10.7. The summed E-state index contributed by atoms with van der Waals surface area (Å²) in [6, 6.07) is 6.50. The van der Waals surface area contributed by atoms with Crippen LogP contribution >= 0.6 is 27.5 Å². The fourth-order valence-corrected chi connectivity index (χ4v) is 3.08. The van der Waals surface area contributed by atoms with Crippen LogP contribution in [0.2, 0.25) is 5.02 Å². The normalized spacial score (nSPS) is 20.0. The van der Waals surface area contributed by atoms with Crippen LogP contribution in [0.15, 0.2) is 22.7 Å². The predicted octanol–water partition coefficient (Wildman–Crippen LogP) is 3.66. The van der Waals surface area contributed by atoms with E-state index in [1.54, 1.807) is 0 Å². The minimum Gasteiger partial charge on any atom is -0.328 e. The molecule has 0 aliphatic carbocycles. The molecule has 2 nitrogen and oxygen atoms in total. The fourth-order valence-electron chi connectivity index (χ4n) is 2.53. The van der Waals surface area contributed by atoms with E-state index in [1.165, 1.54) is 18.4 Å². The number of nitrogens with two attached hydrogens (primary N) is 1. The highest BCUT2D eigenvalue weighted by atomic mass is 79.9. The second-order valence-corrected chi connectivity index (χ2v) is 6.48. The molecule has 1 aromatic rings. The van der Waals surface area contributed by atoms with Gasteiger partial charge in [-0.25, -0.2) is 0 Å². The molecule has 1 aliphatic rings. The van der Waals surface area contributed by atoms with Crippen LogP contribution in [-0.2, 0) is 6.54 Å². The third-order valence-electron chi connectivity index (χ3n) is 3.77. The Kier molecular flexibility index (Phi) is 5.07. The Balaban J connectivity index is 1.89. The molecule has 1 fully saturated rings. The first-order valence-corrected chi connectivity index (χ1v) is 7.65. The number of halogens is 2. The lowest BCUT2D eigenvalue weighted by atomic mass is 9.91. The third kappa shape index (κ3) is 3.70. The minimum absolute atomic E-state index is 0.330. The smallest absolute Gasteiger partial charge is 0.0548 e. The summed E-state index contributed by atoms with van der Waals surface area (Å²) >= 11 is 9.48. The number of benzene rings is 1. The molecule has 1 heterocycles. The van der Waals surface area contributed by atoms with E-state index in [0.29, 0.717) is 12.0 Å². The number of hydrogen-bond donors (Lipinski definition) is 1. The monoisotopic (exact) mass is 330 g/mol. The molecule has 0 spiro atoms. The molecule has 1 aliphatic heterocycles. The standard InChI is InChI=1S/C14H20BrClN2/c1-10(17)12-4-6-18(7-5-12)9-11-2-3-14(16)13(15)8-11/h2-3,8,10,12H,4-7,9,17H2,1H3. The SMILES string of the molecule is CC(N)C1CCN(Cc2ccc(Cl)c(Br)c2)CC1. The highest BCUT2D eigenvalue weighted by molar-refractivity contribution is 9.10. The minimum atomic E-state index is 0.330. The zero-order chi connectivity index (χ0) is 13.1. The quantitative estimate of drug-likeness (QED) is 0.916. The van der Waals surface area contributed by atoms with Crippen LogP contribution in [0.5, 0.6) is 0 Å². The fraction of sp³-hybridized carbons (Fsp3) is 0.571. The molecule has 1 atom stereocenters. The summed E-state index contributed by atoms with van der Waals surface area (Å²) in [5, 5.41) is 0.773. The van der Waals surface area contributed by atoms with E-state index in [-0.39, 0.29) is 0 Å². The van der Waals surface area contributed by atoms with Gasteiger partial charge in [-0.15, -0.1) is 0 Å². The van der Waals surface area contributed by atoms with Gasteiger partial charge in [0.1, 0.15) is 0 Å². The van der Waals surface area contributed by atoms with Crippen LogP contribution in [-0.4, -0.2) is 24.0 Å². The van der Waals surface area contributed by atoms with Crippen molar-refractivity contribution >= 4 is 27.5 Å². The Bertz CT molecular complexity index is 401. The van der Waals surface area contributed by atoms with Gasteiger partial charge >= 0.3 is 0 Å². The number of piperidine rings is 1. The average Bonchev–Trinajstić information content (AvgIpc) is 2.34. The van der Waals surface area contributed by atoms with Gasteiger partial charge in [-0.2, -0.15) is 0 Å². The molecule has 100 valence electrons. The zero-order valence-corrected chi connectivity index (χ0v) is 13.0. The van der Waals surface area contributed by atoms with Crippen molar-refractivity contribution in [3.05, 3.63) is 33.3 Å². The Morgan fingerprint density at radius 2 is 2.11 bits per heavy atom. The number of hydrogen-bond acceptors (Lipinski definition) is 2. The number of nitrogens with zero attached hydrogens (tertiary/aromatic N) is 1. The van der Waals surface area contributed by atoms with E-state index in [0.717, 1.165) is 29.1 Å². The van der Waals surface area contributed by atoms with Crippen molar-refractivity contribution in [1.29, 1.82) is 0 Å². The average molecular weight is 332 g/mol. The second kappa shape index (κ2) is 6.38. The lowest BCUT2D eigenvalue weighted by Gasteiger charge is -2.33. The Labute approximate surface area is 123 Å². The molecule has 2 N–H and O–H groups in total.